The number of ketones is 1. The minimum atomic E-state index is -0.281. The summed E-state index contributed by atoms with van der Waals surface area (Å²) in [5.74, 6) is -0.325. The number of aliphatic hydroxyl groups excluding tert-OH is 2. The number of amides is 1. The van der Waals surface area contributed by atoms with E-state index in [1.807, 2.05) is 62.4 Å². The van der Waals surface area contributed by atoms with Gasteiger partial charge in [0.25, 0.3) is 5.91 Å². The predicted molar refractivity (Wildman–Crippen MR) is 178 cm³/mol. The molecule has 6 rings (SSSR count). The summed E-state index contributed by atoms with van der Waals surface area (Å²) in [4.78, 5) is 39.6. The normalized spacial score (nSPS) is 18.6. The Morgan fingerprint density at radius 3 is 1.87 bits per heavy atom. The average molecular weight is 620 g/mol. The zero-order chi connectivity index (χ0) is 32.2. The van der Waals surface area contributed by atoms with Crippen molar-refractivity contribution in [3.8, 4) is 11.1 Å². The van der Waals surface area contributed by atoms with Crippen molar-refractivity contribution in [1.29, 1.82) is 0 Å². The second-order valence-corrected chi connectivity index (χ2v) is 12.6. The Kier molecular flexibility index (Phi) is 9.65. The Balaban J connectivity index is 1.12. The number of hydrogen-bond donors (Lipinski definition) is 3. The second-order valence-electron chi connectivity index (χ2n) is 12.6. The molecular formula is C37H41N5O4. The first kappa shape index (κ1) is 31.7. The summed E-state index contributed by atoms with van der Waals surface area (Å²) in [6, 6.07) is 19.2. The van der Waals surface area contributed by atoms with E-state index < -0.39 is 0 Å². The van der Waals surface area contributed by atoms with Gasteiger partial charge in [0.1, 0.15) is 11.4 Å². The minimum Gasteiger partial charge on any atom is -0.392 e. The number of carbonyl (C=O) groups excluding carboxylic acids is 2. The molecule has 4 heterocycles. The average Bonchev–Trinajstić information content (AvgIpc) is 3.66. The van der Waals surface area contributed by atoms with Gasteiger partial charge in [-0.25, -0.2) is 0 Å². The summed E-state index contributed by atoms with van der Waals surface area (Å²) >= 11 is 0. The number of aromatic nitrogens is 2. The van der Waals surface area contributed by atoms with Crippen LogP contribution in [-0.4, -0.2) is 80.1 Å². The highest BCUT2D eigenvalue weighted by atomic mass is 16.3. The van der Waals surface area contributed by atoms with Crippen LogP contribution in [0.25, 0.3) is 11.1 Å². The van der Waals surface area contributed by atoms with Crippen LogP contribution in [0.5, 0.6) is 0 Å². The lowest BCUT2D eigenvalue weighted by atomic mass is 9.91. The van der Waals surface area contributed by atoms with Crippen LogP contribution in [0.3, 0.4) is 0 Å². The van der Waals surface area contributed by atoms with Gasteiger partial charge >= 0.3 is 0 Å². The summed E-state index contributed by atoms with van der Waals surface area (Å²) in [6.07, 6.45) is 4.76. The SMILES string of the molecule is Cc1c(CC(=O)c2ccc(CN3CC[C@@H](O)C3)cn2)cccc1-c1cccc(NC(=O)c2ccc(CN3CC[C@@H](O)C3)cn2)c1C. The van der Waals surface area contributed by atoms with Gasteiger partial charge in [-0.05, 0) is 83.8 Å². The number of benzene rings is 2. The molecule has 9 heteroatoms. The van der Waals surface area contributed by atoms with E-state index in [9.17, 15) is 19.8 Å². The Hall–Kier alpha value is -4.28. The van der Waals surface area contributed by atoms with E-state index in [2.05, 4.69) is 25.1 Å². The van der Waals surface area contributed by atoms with Gasteiger partial charge in [0.15, 0.2) is 5.78 Å². The van der Waals surface area contributed by atoms with Gasteiger partial charge in [0, 0.05) is 63.8 Å². The van der Waals surface area contributed by atoms with Crippen molar-refractivity contribution in [3.63, 3.8) is 0 Å². The van der Waals surface area contributed by atoms with Crippen molar-refractivity contribution in [2.75, 3.05) is 31.5 Å². The van der Waals surface area contributed by atoms with Crippen molar-refractivity contribution >= 4 is 17.4 Å². The van der Waals surface area contributed by atoms with Crippen molar-refractivity contribution in [2.24, 2.45) is 0 Å². The summed E-state index contributed by atoms with van der Waals surface area (Å²) < 4.78 is 0. The van der Waals surface area contributed by atoms with Crippen molar-refractivity contribution in [3.05, 3.63) is 112 Å². The maximum atomic E-state index is 13.2. The van der Waals surface area contributed by atoms with Gasteiger partial charge in [-0.2, -0.15) is 0 Å². The summed E-state index contributed by atoms with van der Waals surface area (Å²) in [7, 11) is 0. The topological polar surface area (TPSA) is 119 Å². The number of carbonyl (C=O) groups is 2. The lowest BCUT2D eigenvalue weighted by molar-refractivity contribution is 0.0986. The Morgan fingerprint density at radius 2 is 1.33 bits per heavy atom. The molecule has 2 aromatic carbocycles. The number of aliphatic hydroxyl groups is 2. The van der Waals surface area contributed by atoms with Gasteiger partial charge < -0.3 is 15.5 Å². The molecular weight excluding hydrogens is 578 g/mol. The summed E-state index contributed by atoms with van der Waals surface area (Å²) in [5.41, 5.74) is 8.36. The number of anilines is 1. The van der Waals surface area contributed by atoms with E-state index in [1.165, 1.54) is 0 Å². The molecule has 4 aromatic rings. The molecule has 0 spiro atoms. The number of hydrogen-bond acceptors (Lipinski definition) is 8. The van der Waals surface area contributed by atoms with Crippen LogP contribution in [0.15, 0.2) is 73.1 Å². The van der Waals surface area contributed by atoms with Crippen LogP contribution in [0.4, 0.5) is 5.69 Å². The highest BCUT2D eigenvalue weighted by molar-refractivity contribution is 6.04. The molecule has 9 nitrogen and oxygen atoms in total. The first-order valence-electron chi connectivity index (χ1n) is 16.0. The zero-order valence-corrected chi connectivity index (χ0v) is 26.4. The van der Waals surface area contributed by atoms with Gasteiger partial charge in [-0.15, -0.1) is 0 Å². The zero-order valence-electron chi connectivity index (χ0n) is 26.4. The van der Waals surface area contributed by atoms with Gasteiger partial charge in [-0.3, -0.25) is 29.4 Å². The molecule has 0 radical (unpaired) electrons. The molecule has 0 unspecified atom stereocenters. The maximum Gasteiger partial charge on any atom is 0.274 e. The molecule has 0 aliphatic carbocycles. The van der Waals surface area contributed by atoms with Crippen molar-refractivity contribution < 1.29 is 19.8 Å². The van der Waals surface area contributed by atoms with Crippen LogP contribution in [0.2, 0.25) is 0 Å². The molecule has 2 atom stereocenters. The molecule has 2 aromatic heterocycles. The summed E-state index contributed by atoms with van der Waals surface area (Å²) in [5, 5.41) is 22.6. The second kappa shape index (κ2) is 14.0. The van der Waals surface area contributed by atoms with Crippen LogP contribution < -0.4 is 5.32 Å². The molecule has 0 bridgehead atoms. The lowest BCUT2D eigenvalue weighted by Gasteiger charge is -2.17. The minimum absolute atomic E-state index is 0.0438. The number of Topliss-reactive ketones (excluding diaryl/α,β-unsaturated/α-hetero) is 1. The number of nitrogens with one attached hydrogen (secondary N) is 1. The number of nitrogens with zero attached hydrogens (tertiary/aromatic N) is 4. The Labute approximate surface area is 269 Å². The van der Waals surface area contributed by atoms with Crippen molar-refractivity contribution in [2.45, 2.75) is 58.4 Å². The third kappa shape index (κ3) is 7.40. The number of likely N-dealkylation sites (tertiary alicyclic amines) is 2. The fraction of sp³-hybridized carbons (Fsp3) is 0.351. The highest BCUT2D eigenvalue weighted by Gasteiger charge is 2.22. The van der Waals surface area contributed by atoms with E-state index >= 15 is 0 Å². The molecule has 46 heavy (non-hydrogen) atoms. The Morgan fingerprint density at radius 1 is 0.761 bits per heavy atom. The van der Waals surface area contributed by atoms with E-state index in [1.54, 1.807) is 24.5 Å². The summed E-state index contributed by atoms with van der Waals surface area (Å²) in [6.45, 7) is 8.48. The smallest absolute Gasteiger partial charge is 0.274 e. The first-order chi connectivity index (χ1) is 22.2. The molecule has 238 valence electrons. The van der Waals surface area contributed by atoms with Gasteiger partial charge in [0.05, 0.1) is 12.2 Å². The molecule has 1 amide bonds. The molecule has 3 N–H and O–H groups in total. The number of β-amino-alcohol motifs (C(OH)–C–C–N with tert-alkyl or cyclic N) is 2. The van der Waals surface area contributed by atoms with Crippen molar-refractivity contribution in [1.82, 2.24) is 19.8 Å². The molecule has 2 aliphatic heterocycles. The molecule has 2 saturated heterocycles. The van der Waals surface area contributed by atoms with Crippen LogP contribution in [0.1, 0.15) is 61.6 Å². The van der Waals surface area contributed by atoms with Gasteiger partial charge in [-0.1, -0.05) is 42.5 Å². The fourth-order valence-electron chi connectivity index (χ4n) is 6.44. The van der Waals surface area contributed by atoms with E-state index in [4.69, 9.17) is 0 Å². The molecule has 2 fully saturated rings. The van der Waals surface area contributed by atoms with Crippen LogP contribution in [0, 0.1) is 13.8 Å². The standard InChI is InChI=1S/C37H41N5O4/c1-24-28(17-36(45)34-11-9-26(18-38-34)20-41-15-13-29(43)22-41)5-3-6-31(24)32-7-4-8-33(25(32)2)40-37(46)35-12-10-27(19-39-35)21-42-16-14-30(44)23-42/h3-12,18-19,29-30,43-44H,13-17,20-23H2,1-2H3,(H,40,46)/t29-,30-/m1/s1. The molecule has 2 aliphatic rings. The van der Waals surface area contributed by atoms with E-state index in [0.29, 0.717) is 43.3 Å². The monoisotopic (exact) mass is 619 g/mol. The van der Waals surface area contributed by atoms with E-state index in [-0.39, 0.29) is 30.3 Å². The van der Waals surface area contributed by atoms with E-state index in [0.717, 1.165) is 64.9 Å². The molecule has 0 saturated carbocycles. The highest BCUT2D eigenvalue weighted by Crippen LogP contribution is 2.33. The third-order valence-electron chi connectivity index (χ3n) is 9.14. The van der Waals surface area contributed by atoms with Crippen LogP contribution >= 0.6 is 0 Å². The van der Waals surface area contributed by atoms with Crippen LogP contribution in [-0.2, 0) is 19.5 Å². The van der Waals surface area contributed by atoms with Gasteiger partial charge in [0.2, 0.25) is 0 Å². The predicted octanol–water partition coefficient (Wildman–Crippen LogP) is 4.57. The largest absolute Gasteiger partial charge is 0.392 e. The number of rotatable bonds is 10. The Bertz CT molecular complexity index is 1580. The lowest BCUT2D eigenvalue weighted by Crippen LogP contribution is -2.21. The maximum absolute atomic E-state index is 13.2. The third-order valence-corrected chi connectivity index (χ3v) is 9.14. The number of pyridine rings is 2. The quantitative estimate of drug-likeness (QED) is 0.221. The first-order valence-corrected chi connectivity index (χ1v) is 16.0. The fourth-order valence-corrected chi connectivity index (χ4v) is 6.44.